The fourth-order valence-corrected chi connectivity index (χ4v) is 3.26. The Morgan fingerprint density at radius 2 is 2.00 bits per heavy atom. The number of hydrogen-bond acceptors (Lipinski definition) is 4. The number of fused-ring (bicyclic) bond motifs is 1. The van der Waals surface area contributed by atoms with E-state index in [2.05, 4.69) is 4.98 Å². The maximum absolute atomic E-state index is 12.8. The van der Waals surface area contributed by atoms with Gasteiger partial charge < -0.3 is 19.1 Å². The second kappa shape index (κ2) is 6.48. The molecule has 1 fully saturated rings. The third-order valence-electron chi connectivity index (χ3n) is 4.46. The molecule has 120 valence electrons. The average Bonchev–Trinajstić information content (AvgIpc) is 3.03. The summed E-state index contributed by atoms with van der Waals surface area (Å²) in [5.74, 6) is 1.14. The van der Waals surface area contributed by atoms with E-state index in [9.17, 15) is 9.59 Å². The van der Waals surface area contributed by atoms with Crippen LogP contribution in [0.4, 0.5) is 0 Å². The molecule has 1 saturated heterocycles. The lowest BCUT2D eigenvalue weighted by molar-refractivity contribution is -0.143. The van der Waals surface area contributed by atoms with Gasteiger partial charge in [0.2, 0.25) is 11.8 Å². The molecule has 3 heterocycles. The number of methoxy groups -OCH3 is 1. The maximum atomic E-state index is 12.8. The summed E-state index contributed by atoms with van der Waals surface area (Å²) in [7, 11) is 1.52. The van der Waals surface area contributed by atoms with Gasteiger partial charge in [-0.25, -0.2) is 4.98 Å². The lowest BCUT2D eigenvalue weighted by atomic mass is 10.0. The lowest BCUT2D eigenvalue weighted by Gasteiger charge is -2.37. The molecule has 0 spiro atoms. The van der Waals surface area contributed by atoms with Crippen molar-refractivity contribution in [3.05, 3.63) is 18.2 Å². The molecule has 0 aliphatic carbocycles. The van der Waals surface area contributed by atoms with Crippen LogP contribution in [-0.4, -0.2) is 71.1 Å². The highest BCUT2D eigenvalue weighted by Gasteiger charge is 2.32. The number of amides is 2. The number of nitrogens with zero attached hydrogens (tertiary/aromatic N) is 4. The highest BCUT2D eigenvalue weighted by molar-refractivity contribution is 5.81. The van der Waals surface area contributed by atoms with Crippen LogP contribution in [0.2, 0.25) is 0 Å². The number of aromatic nitrogens is 2. The molecular weight excluding hydrogens is 284 g/mol. The number of carbonyl (C=O) groups is 2. The second-order valence-electron chi connectivity index (χ2n) is 5.80. The van der Waals surface area contributed by atoms with Crippen molar-refractivity contribution in [2.24, 2.45) is 0 Å². The Labute approximate surface area is 129 Å². The van der Waals surface area contributed by atoms with Crippen molar-refractivity contribution in [2.75, 3.05) is 39.9 Å². The third-order valence-corrected chi connectivity index (χ3v) is 4.46. The van der Waals surface area contributed by atoms with Crippen LogP contribution in [0, 0.1) is 0 Å². The molecule has 2 aliphatic rings. The Bertz CT molecular complexity index is 549. The minimum atomic E-state index is -0.132. The van der Waals surface area contributed by atoms with Crippen LogP contribution < -0.4 is 0 Å². The van der Waals surface area contributed by atoms with E-state index in [0.29, 0.717) is 26.2 Å². The first-order chi connectivity index (χ1) is 10.7. The van der Waals surface area contributed by atoms with Gasteiger partial charge in [-0.1, -0.05) is 0 Å². The summed E-state index contributed by atoms with van der Waals surface area (Å²) in [4.78, 5) is 32.5. The standard InChI is InChI=1S/C15H22N4O3/c1-22-11-14(20)17-7-9-18(10-8-17)15(21)12-3-2-4-13-16-5-6-19(12)13/h5-6,12H,2-4,7-11H2,1H3. The molecule has 0 aromatic carbocycles. The van der Waals surface area contributed by atoms with Gasteiger partial charge in [-0.2, -0.15) is 0 Å². The fraction of sp³-hybridized carbons (Fsp3) is 0.667. The fourth-order valence-electron chi connectivity index (χ4n) is 3.26. The number of hydrogen-bond donors (Lipinski definition) is 0. The van der Waals surface area contributed by atoms with Gasteiger partial charge in [0.25, 0.3) is 0 Å². The monoisotopic (exact) mass is 306 g/mol. The molecule has 0 saturated carbocycles. The molecule has 2 aliphatic heterocycles. The number of ether oxygens (including phenoxy) is 1. The van der Waals surface area contributed by atoms with Gasteiger partial charge in [-0.05, 0) is 12.8 Å². The summed E-state index contributed by atoms with van der Waals surface area (Å²) in [5.41, 5.74) is 0. The van der Waals surface area contributed by atoms with Crippen molar-refractivity contribution in [1.29, 1.82) is 0 Å². The summed E-state index contributed by atoms with van der Waals surface area (Å²) < 4.78 is 6.88. The van der Waals surface area contributed by atoms with Gasteiger partial charge in [-0.3, -0.25) is 9.59 Å². The van der Waals surface area contributed by atoms with E-state index in [1.54, 1.807) is 11.1 Å². The van der Waals surface area contributed by atoms with E-state index in [4.69, 9.17) is 4.74 Å². The topological polar surface area (TPSA) is 67.7 Å². The summed E-state index contributed by atoms with van der Waals surface area (Å²) in [5, 5.41) is 0. The molecule has 0 radical (unpaired) electrons. The Hall–Kier alpha value is -1.89. The molecule has 1 aromatic rings. The first-order valence-corrected chi connectivity index (χ1v) is 7.78. The molecule has 7 nitrogen and oxygen atoms in total. The van der Waals surface area contributed by atoms with Crippen LogP contribution in [0.3, 0.4) is 0 Å². The van der Waals surface area contributed by atoms with E-state index in [1.807, 2.05) is 15.7 Å². The molecule has 0 bridgehead atoms. The highest BCUT2D eigenvalue weighted by atomic mass is 16.5. The molecule has 1 aromatic heterocycles. The normalized spacial score (nSPS) is 21.6. The van der Waals surface area contributed by atoms with E-state index in [1.165, 1.54) is 7.11 Å². The summed E-state index contributed by atoms with van der Waals surface area (Å²) in [6.45, 7) is 2.45. The maximum Gasteiger partial charge on any atom is 0.248 e. The first kappa shape index (κ1) is 15.0. The summed E-state index contributed by atoms with van der Waals surface area (Å²) >= 11 is 0. The van der Waals surface area contributed by atoms with E-state index in [0.717, 1.165) is 25.1 Å². The number of piperazine rings is 1. The van der Waals surface area contributed by atoms with Gasteiger partial charge in [0.15, 0.2) is 0 Å². The van der Waals surface area contributed by atoms with Gasteiger partial charge in [-0.15, -0.1) is 0 Å². The molecule has 0 N–H and O–H groups in total. The molecule has 2 amide bonds. The first-order valence-electron chi connectivity index (χ1n) is 7.78. The van der Waals surface area contributed by atoms with Crippen molar-refractivity contribution in [3.8, 4) is 0 Å². The van der Waals surface area contributed by atoms with Crippen molar-refractivity contribution in [1.82, 2.24) is 19.4 Å². The number of carbonyl (C=O) groups excluding carboxylic acids is 2. The quantitative estimate of drug-likeness (QED) is 0.793. The van der Waals surface area contributed by atoms with Gasteiger partial charge >= 0.3 is 0 Å². The van der Waals surface area contributed by atoms with Crippen LogP contribution in [0.15, 0.2) is 12.4 Å². The predicted octanol–water partition coefficient (Wildman–Crippen LogP) is 0.0777. The minimum absolute atomic E-state index is 0.0100. The largest absolute Gasteiger partial charge is 0.375 e. The molecule has 22 heavy (non-hydrogen) atoms. The van der Waals surface area contributed by atoms with Crippen molar-refractivity contribution < 1.29 is 14.3 Å². The highest BCUT2D eigenvalue weighted by Crippen LogP contribution is 2.26. The number of rotatable bonds is 3. The average molecular weight is 306 g/mol. The molecule has 1 unspecified atom stereocenters. The SMILES string of the molecule is COCC(=O)N1CCN(C(=O)C2CCCc3nccn32)CC1. The van der Waals surface area contributed by atoms with E-state index >= 15 is 0 Å². The van der Waals surface area contributed by atoms with E-state index in [-0.39, 0.29) is 24.5 Å². The number of imidazole rings is 1. The Morgan fingerprint density at radius 1 is 1.27 bits per heavy atom. The van der Waals surface area contributed by atoms with Crippen LogP contribution in [0.25, 0.3) is 0 Å². The Kier molecular flexibility index (Phi) is 4.42. The zero-order valence-electron chi connectivity index (χ0n) is 12.9. The minimum Gasteiger partial charge on any atom is -0.375 e. The van der Waals surface area contributed by atoms with Gasteiger partial charge in [0.1, 0.15) is 18.5 Å². The molecule has 3 rings (SSSR count). The molecule has 1 atom stereocenters. The predicted molar refractivity (Wildman–Crippen MR) is 79.2 cm³/mol. The summed E-state index contributed by atoms with van der Waals surface area (Å²) in [6.07, 6.45) is 6.47. The zero-order valence-corrected chi connectivity index (χ0v) is 12.9. The smallest absolute Gasteiger partial charge is 0.248 e. The van der Waals surface area contributed by atoms with Crippen LogP contribution in [-0.2, 0) is 20.7 Å². The summed E-state index contributed by atoms with van der Waals surface area (Å²) in [6, 6.07) is -0.132. The Morgan fingerprint density at radius 3 is 2.73 bits per heavy atom. The third kappa shape index (κ3) is 2.85. The number of aryl methyl sites for hydroxylation is 1. The van der Waals surface area contributed by atoms with Crippen LogP contribution >= 0.6 is 0 Å². The van der Waals surface area contributed by atoms with E-state index < -0.39 is 0 Å². The molecule has 7 heteroatoms. The lowest BCUT2D eigenvalue weighted by Crippen LogP contribution is -2.53. The van der Waals surface area contributed by atoms with Crippen molar-refractivity contribution >= 4 is 11.8 Å². The van der Waals surface area contributed by atoms with Crippen molar-refractivity contribution in [3.63, 3.8) is 0 Å². The Balaban J connectivity index is 1.60. The van der Waals surface area contributed by atoms with Gasteiger partial charge in [0, 0.05) is 52.1 Å². The zero-order chi connectivity index (χ0) is 15.5. The van der Waals surface area contributed by atoms with Crippen LogP contribution in [0.1, 0.15) is 24.7 Å². The van der Waals surface area contributed by atoms with Crippen LogP contribution in [0.5, 0.6) is 0 Å². The molecular formula is C15H22N4O3. The second-order valence-corrected chi connectivity index (χ2v) is 5.80. The van der Waals surface area contributed by atoms with Crippen molar-refractivity contribution in [2.45, 2.75) is 25.3 Å². The van der Waals surface area contributed by atoms with Gasteiger partial charge in [0.05, 0.1) is 0 Å².